The van der Waals surface area contributed by atoms with Gasteiger partial charge in [0.1, 0.15) is 0 Å². The lowest BCUT2D eigenvalue weighted by Gasteiger charge is -2.35. The van der Waals surface area contributed by atoms with Crippen molar-refractivity contribution < 1.29 is 26.5 Å². The van der Waals surface area contributed by atoms with Crippen molar-refractivity contribution in [2.75, 3.05) is 40.3 Å². The summed E-state index contributed by atoms with van der Waals surface area (Å²) in [4.78, 5) is 25.8. The van der Waals surface area contributed by atoms with Crippen LogP contribution in [0.2, 0.25) is 0 Å². The van der Waals surface area contributed by atoms with Gasteiger partial charge >= 0.3 is 0 Å². The van der Waals surface area contributed by atoms with Crippen LogP contribution in [0.5, 0.6) is 0 Å². The molecule has 0 radical (unpaired) electrons. The van der Waals surface area contributed by atoms with Crippen LogP contribution < -0.4 is 17.7 Å². The minimum Gasteiger partial charge on any atom is -1.00 e. The monoisotopic (exact) mass is 361 g/mol. The lowest BCUT2D eigenvalue weighted by Crippen LogP contribution is -3.00. The first-order chi connectivity index (χ1) is 10.4. The summed E-state index contributed by atoms with van der Waals surface area (Å²) in [5.74, 6) is 0.119. The lowest BCUT2D eigenvalue weighted by atomic mass is 9.99. The zero-order chi connectivity index (χ0) is 18.3. The molecule has 2 amide bonds. The molecule has 0 aliphatic carbocycles. The molecule has 0 bridgehead atoms. The highest BCUT2D eigenvalue weighted by molar-refractivity contribution is 5.92. The maximum absolute atomic E-state index is 12.1. The Kier molecular flexibility index (Phi) is 11.2. The first-order valence-electron chi connectivity index (χ1n) is 8.52. The van der Waals surface area contributed by atoms with Crippen LogP contribution in [0.15, 0.2) is 12.2 Å². The quantitative estimate of drug-likeness (QED) is 0.408. The lowest BCUT2D eigenvalue weighted by molar-refractivity contribution is -0.890. The third-order valence-electron chi connectivity index (χ3n) is 4.23. The molecule has 24 heavy (non-hydrogen) atoms. The molecule has 0 fully saturated rings. The Morgan fingerprint density at radius 1 is 1.12 bits per heavy atom. The topological polar surface area (TPSA) is 49.4 Å². The minimum atomic E-state index is -0.283. The summed E-state index contributed by atoms with van der Waals surface area (Å²) in [7, 11) is 4.26. The first kappa shape index (κ1) is 25.2. The number of amides is 2. The van der Waals surface area contributed by atoms with Crippen molar-refractivity contribution in [2.24, 2.45) is 0 Å². The summed E-state index contributed by atoms with van der Waals surface area (Å²) in [6, 6.07) is 0. The summed E-state index contributed by atoms with van der Waals surface area (Å²) in [6.45, 7) is 16.7. The molecule has 0 aromatic rings. The number of quaternary nitrogens is 1. The Labute approximate surface area is 154 Å². The maximum atomic E-state index is 12.1. The van der Waals surface area contributed by atoms with Gasteiger partial charge in [0, 0.05) is 30.6 Å². The molecule has 1 N–H and O–H groups in total. The highest BCUT2D eigenvalue weighted by Crippen LogP contribution is 2.13. The van der Waals surface area contributed by atoms with Crippen LogP contribution in [-0.4, -0.2) is 67.0 Å². The molecule has 0 aromatic heterocycles. The molecule has 0 aliphatic rings. The highest BCUT2D eigenvalue weighted by Gasteiger charge is 2.26. The fourth-order valence-electron chi connectivity index (χ4n) is 2.30. The van der Waals surface area contributed by atoms with Gasteiger partial charge in [0.05, 0.1) is 33.6 Å². The van der Waals surface area contributed by atoms with Crippen LogP contribution >= 0.6 is 0 Å². The molecule has 0 atom stereocenters. The molecule has 0 unspecified atom stereocenters. The van der Waals surface area contributed by atoms with E-state index in [0.717, 1.165) is 37.1 Å². The second kappa shape index (κ2) is 10.7. The molecule has 6 heteroatoms. The Bertz CT molecular complexity index is 430. The van der Waals surface area contributed by atoms with Gasteiger partial charge in [-0.15, -0.1) is 0 Å². The van der Waals surface area contributed by atoms with Gasteiger partial charge in [-0.25, -0.2) is 0 Å². The van der Waals surface area contributed by atoms with E-state index < -0.39 is 0 Å². The third-order valence-corrected chi connectivity index (χ3v) is 4.23. The van der Waals surface area contributed by atoms with Crippen LogP contribution in [0.4, 0.5) is 0 Å². The normalized spacial score (nSPS) is 11.5. The van der Waals surface area contributed by atoms with E-state index in [9.17, 15) is 9.59 Å². The predicted molar refractivity (Wildman–Crippen MR) is 96.0 cm³/mol. The van der Waals surface area contributed by atoms with Crippen molar-refractivity contribution in [1.29, 1.82) is 0 Å². The maximum Gasteiger partial charge on any atom is 0.246 e. The van der Waals surface area contributed by atoms with E-state index in [1.54, 1.807) is 6.92 Å². The SMILES string of the molecule is C=C(C)C(=O)NC(C)(C)CC[N+](C)(C)CCC(=O)N(CC)CC.[Cl-]. The fraction of sp³-hybridized carbons (Fsp3) is 0.778. The van der Waals surface area contributed by atoms with E-state index in [0.29, 0.717) is 12.0 Å². The molecular formula is C18H36ClN3O2. The van der Waals surface area contributed by atoms with Gasteiger partial charge in [-0.3, -0.25) is 9.59 Å². The molecule has 0 heterocycles. The standard InChI is InChI=1S/C18H35N3O2.ClH/c1-9-20(10-2)16(22)11-13-21(7,8)14-12-18(5,6)19-17(23)15(3)4;/h3,9-14H2,1-2,4-8H3;1H. The summed E-state index contributed by atoms with van der Waals surface area (Å²) >= 11 is 0. The zero-order valence-electron chi connectivity index (χ0n) is 16.5. The second-order valence-corrected chi connectivity index (χ2v) is 7.57. The molecular weight excluding hydrogens is 326 g/mol. The predicted octanol–water partition coefficient (Wildman–Crippen LogP) is -0.814. The van der Waals surface area contributed by atoms with Crippen molar-refractivity contribution >= 4 is 11.8 Å². The third kappa shape index (κ3) is 9.93. The second-order valence-electron chi connectivity index (χ2n) is 7.57. The van der Waals surface area contributed by atoms with Gasteiger partial charge in [-0.05, 0) is 34.6 Å². The van der Waals surface area contributed by atoms with Crippen LogP contribution in [0.3, 0.4) is 0 Å². The molecule has 0 saturated carbocycles. The van der Waals surface area contributed by atoms with Gasteiger partial charge in [0.15, 0.2) is 0 Å². The van der Waals surface area contributed by atoms with Crippen LogP contribution in [0.1, 0.15) is 47.5 Å². The smallest absolute Gasteiger partial charge is 0.246 e. The average Bonchev–Trinajstić information content (AvgIpc) is 2.44. The number of nitrogens with one attached hydrogen (secondary N) is 1. The van der Waals surface area contributed by atoms with E-state index in [4.69, 9.17) is 0 Å². The zero-order valence-corrected chi connectivity index (χ0v) is 17.3. The van der Waals surface area contributed by atoms with E-state index in [1.165, 1.54) is 0 Å². The van der Waals surface area contributed by atoms with Gasteiger partial charge in [0.25, 0.3) is 0 Å². The molecule has 0 rings (SSSR count). The van der Waals surface area contributed by atoms with Gasteiger partial charge in [-0.1, -0.05) is 6.58 Å². The van der Waals surface area contributed by atoms with Crippen LogP contribution in [-0.2, 0) is 9.59 Å². The summed E-state index contributed by atoms with van der Waals surface area (Å²) in [5.41, 5.74) is 0.241. The number of halogens is 1. The number of hydrogen-bond donors (Lipinski definition) is 1. The Hall–Kier alpha value is -1.07. The van der Waals surface area contributed by atoms with Crippen LogP contribution in [0.25, 0.3) is 0 Å². The van der Waals surface area contributed by atoms with Gasteiger partial charge in [-0.2, -0.15) is 0 Å². The molecule has 0 aliphatic heterocycles. The van der Waals surface area contributed by atoms with Crippen molar-refractivity contribution in [2.45, 2.75) is 53.0 Å². The molecule has 142 valence electrons. The summed E-state index contributed by atoms with van der Waals surface area (Å²) in [6.07, 6.45) is 1.41. The Morgan fingerprint density at radius 3 is 2.04 bits per heavy atom. The van der Waals surface area contributed by atoms with Crippen molar-refractivity contribution in [3.63, 3.8) is 0 Å². The van der Waals surface area contributed by atoms with Crippen LogP contribution in [0, 0.1) is 0 Å². The molecule has 0 aromatic carbocycles. The van der Waals surface area contributed by atoms with E-state index >= 15 is 0 Å². The number of nitrogens with zero attached hydrogens (tertiary/aromatic N) is 2. The summed E-state index contributed by atoms with van der Waals surface area (Å²) < 4.78 is 0.763. The summed E-state index contributed by atoms with van der Waals surface area (Å²) in [5, 5.41) is 3.01. The largest absolute Gasteiger partial charge is 1.00 e. The number of rotatable bonds is 10. The number of carbonyl (C=O) groups is 2. The fourth-order valence-corrected chi connectivity index (χ4v) is 2.30. The Balaban J connectivity index is 0. The van der Waals surface area contributed by atoms with Gasteiger partial charge in [0.2, 0.25) is 11.8 Å². The number of hydrogen-bond acceptors (Lipinski definition) is 2. The van der Waals surface area contributed by atoms with E-state index in [-0.39, 0.29) is 29.8 Å². The first-order valence-corrected chi connectivity index (χ1v) is 8.52. The Morgan fingerprint density at radius 2 is 1.62 bits per heavy atom. The van der Waals surface area contributed by atoms with Crippen molar-refractivity contribution in [3.05, 3.63) is 12.2 Å². The highest BCUT2D eigenvalue weighted by atomic mass is 35.5. The van der Waals surface area contributed by atoms with Crippen molar-refractivity contribution in [1.82, 2.24) is 10.2 Å². The average molecular weight is 362 g/mol. The van der Waals surface area contributed by atoms with E-state index in [1.807, 2.05) is 32.6 Å². The number of carbonyl (C=O) groups excluding carboxylic acids is 2. The molecule has 0 saturated heterocycles. The van der Waals surface area contributed by atoms with E-state index in [2.05, 4.69) is 26.0 Å². The van der Waals surface area contributed by atoms with Crippen molar-refractivity contribution in [3.8, 4) is 0 Å². The van der Waals surface area contributed by atoms with Gasteiger partial charge < -0.3 is 27.1 Å². The minimum absolute atomic E-state index is 0. The molecule has 0 spiro atoms. The molecule has 5 nitrogen and oxygen atoms in total.